The summed E-state index contributed by atoms with van der Waals surface area (Å²) in [7, 11) is 0. The van der Waals surface area contributed by atoms with Crippen LogP contribution in [0, 0.1) is 0 Å². The number of hydrogen-bond donors (Lipinski definition) is 1. The third-order valence-electron chi connectivity index (χ3n) is 3.23. The van der Waals surface area contributed by atoms with Gasteiger partial charge in [-0.3, -0.25) is 4.79 Å². The van der Waals surface area contributed by atoms with E-state index in [1.165, 1.54) is 5.56 Å². The van der Waals surface area contributed by atoms with E-state index in [0.717, 1.165) is 11.1 Å². The zero-order chi connectivity index (χ0) is 14.0. The number of hydrogen-bond acceptors (Lipinski definition) is 1. The number of carbonyl (C=O) groups is 1. The lowest BCUT2D eigenvalue weighted by molar-refractivity contribution is 0.100. The van der Waals surface area contributed by atoms with Gasteiger partial charge < -0.3 is 5.73 Å². The Hall–Kier alpha value is -2.09. The van der Waals surface area contributed by atoms with Crippen LogP contribution in [0.1, 0.15) is 36.7 Å². The Balaban J connectivity index is 2.57. The van der Waals surface area contributed by atoms with Gasteiger partial charge in [0.2, 0.25) is 5.91 Å². The van der Waals surface area contributed by atoms with E-state index in [0.29, 0.717) is 5.56 Å². The van der Waals surface area contributed by atoms with Crippen LogP contribution in [-0.2, 0) is 5.41 Å². The highest BCUT2D eigenvalue weighted by Crippen LogP contribution is 2.29. The van der Waals surface area contributed by atoms with E-state index in [4.69, 9.17) is 5.73 Å². The van der Waals surface area contributed by atoms with E-state index < -0.39 is 5.91 Å². The second kappa shape index (κ2) is 4.88. The summed E-state index contributed by atoms with van der Waals surface area (Å²) in [5, 5.41) is 0. The molecule has 1 amide bonds. The molecule has 0 atom stereocenters. The molecule has 0 radical (unpaired) electrons. The standard InChI is InChI=1S/C17H19NO/c1-17(2,3)13-8-6-7-12(11-13)14-9-4-5-10-15(14)16(18)19/h4-11H,1-3H3,(H2,18,19). The molecule has 0 aromatic heterocycles. The number of rotatable bonds is 2. The molecule has 0 aliphatic rings. The van der Waals surface area contributed by atoms with Crippen LogP contribution in [0.5, 0.6) is 0 Å². The summed E-state index contributed by atoms with van der Waals surface area (Å²) in [5.74, 6) is -0.392. The molecule has 19 heavy (non-hydrogen) atoms. The average Bonchev–Trinajstić information content (AvgIpc) is 2.38. The Kier molecular flexibility index (Phi) is 3.43. The van der Waals surface area contributed by atoms with Gasteiger partial charge in [-0.05, 0) is 28.2 Å². The molecule has 2 nitrogen and oxygen atoms in total. The predicted molar refractivity (Wildman–Crippen MR) is 79.1 cm³/mol. The van der Waals surface area contributed by atoms with Gasteiger partial charge in [0.05, 0.1) is 0 Å². The van der Waals surface area contributed by atoms with Crippen molar-refractivity contribution in [2.24, 2.45) is 5.73 Å². The second-order valence-electron chi connectivity index (χ2n) is 5.74. The molecule has 0 bridgehead atoms. The minimum absolute atomic E-state index is 0.0810. The SMILES string of the molecule is CC(C)(C)c1cccc(-c2ccccc2C(N)=O)c1. The van der Waals surface area contributed by atoms with Crippen molar-refractivity contribution in [2.45, 2.75) is 26.2 Å². The Morgan fingerprint density at radius 1 is 1.00 bits per heavy atom. The zero-order valence-electron chi connectivity index (χ0n) is 11.6. The summed E-state index contributed by atoms with van der Waals surface area (Å²) in [6, 6.07) is 15.7. The molecule has 0 aliphatic heterocycles. The summed E-state index contributed by atoms with van der Waals surface area (Å²) in [6.07, 6.45) is 0. The predicted octanol–water partition coefficient (Wildman–Crippen LogP) is 3.75. The molecule has 0 fully saturated rings. The smallest absolute Gasteiger partial charge is 0.249 e. The second-order valence-corrected chi connectivity index (χ2v) is 5.74. The van der Waals surface area contributed by atoms with Crippen molar-refractivity contribution in [1.29, 1.82) is 0 Å². The highest BCUT2D eigenvalue weighted by Gasteiger charge is 2.15. The Morgan fingerprint density at radius 2 is 1.68 bits per heavy atom. The van der Waals surface area contributed by atoms with Crippen LogP contribution in [0.25, 0.3) is 11.1 Å². The van der Waals surface area contributed by atoms with Crippen LogP contribution >= 0.6 is 0 Å². The molecule has 2 aromatic rings. The van der Waals surface area contributed by atoms with Gasteiger partial charge in [-0.2, -0.15) is 0 Å². The van der Waals surface area contributed by atoms with Gasteiger partial charge in [0.1, 0.15) is 0 Å². The third-order valence-corrected chi connectivity index (χ3v) is 3.23. The van der Waals surface area contributed by atoms with E-state index in [9.17, 15) is 4.79 Å². The van der Waals surface area contributed by atoms with Crippen LogP contribution in [0.4, 0.5) is 0 Å². The maximum Gasteiger partial charge on any atom is 0.249 e. The highest BCUT2D eigenvalue weighted by atomic mass is 16.1. The van der Waals surface area contributed by atoms with Crippen LogP contribution in [-0.4, -0.2) is 5.91 Å². The largest absolute Gasteiger partial charge is 0.366 e. The Bertz CT molecular complexity index is 609. The summed E-state index contributed by atoms with van der Waals surface area (Å²) in [6.45, 7) is 6.52. The molecule has 0 saturated heterocycles. The highest BCUT2D eigenvalue weighted by molar-refractivity contribution is 5.99. The molecule has 0 spiro atoms. The molecule has 98 valence electrons. The van der Waals surface area contributed by atoms with Crippen LogP contribution in [0.2, 0.25) is 0 Å². The molecule has 0 heterocycles. The molecule has 0 aliphatic carbocycles. The number of nitrogens with two attached hydrogens (primary N) is 1. The van der Waals surface area contributed by atoms with Crippen molar-refractivity contribution in [1.82, 2.24) is 0 Å². The fraction of sp³-hybridized carbons (Fsp3) is 0.235. The zero-order valence-corrected chi connectivity index (χ0v) is 11.6. The van der Waals surface area contributed by atoms with E-state index in [-0.39, 0.29) is 5.41 Å². The van der Waals surface area contributed by atoms with E-state index in [1.807, 2.05) is 30.3 Å². The first-order valence-corrected chi connectivity index (χ1v) is 6.39. The fourth-order valence-corrected chi connectivity index (χ4v) is 2.10. The van der Waals surface area contributed by atoms with Crippen molar-refractivity contribution in [2.75, 3.05) is 0 Å². The topological polar surface area (TPSA) is 43.1 Å². The van der Waals surface area contributed by atoms with Crippen molar-refractivity contribution in [3.8, 4) is 11.1 Å². The average molecular weight is 253 g/mol. The molecule has 2 heteroatoms. The van der Waals surface area contributed by atoms with Gasteiger partial charge in [0.25, 0.3) is 0 Å². The Morgan fingerprint density at radius 3 is 2.32 bits per heavy atom. The van der Waals surface area contributed by atoms with Gasteiger partial charge >= 0.3 is 0 Å². The first-order valence-electron chi connectivity index (χ1n) is 6.39. The lowest BCUT2D eigenvalue weighted by atomic mass is 9.85. The van der Waals surface area contributed by atoms with Crippen molar-refractivity contribution >= 4 is 5.91 Å². The van der Waals surface area contributed by atoms with Gasteiger partial charge in [0.15, 0.2) is 0 Å². The minimum Gasteiger partial charge on any atom is -0.366 e. The summed E-state index contributed by atoms with van der Waals surface area (Å²) < 4.78 is 0. The van der Waals surface area contributed by atoms with E-state index in [2.05, 4.69) is 32.9 Å². The molecule has 2 N–H and O–H groups in total. The number of amides is 1. The number of primary amides is 1. The number of carbonyl (C=O) groups excluding carboxylic acids is 1. The summed E-state index contributed by atoms with van der Waals surface area (Å²) in [4.78, 5) is 11.5. The van der Waals surface area contributed by atoms with Gasteiger partial charge in [-0.15, -0.1) is 0 Å². The van der Waals surface area contributed by atoms with Crippen molar-refractivity contribution in [3.63, 3.8) is 0 Å². The molecular formula is C17H19NO. The van der Waals surface area contributed by atoms with E-state index in [1.54, 1.807) is 6.07 Å². The Labute approximate surface area is 114 Å². The maximum absolute atomic E-state index is 11.5. The fourth-order valence-electron chi connectivity index (χ4n) is 2.10. The summed E-state index contributed by atoms with van der Waals surface area (Å²) >= 11 is 0. The minimum atomic E-state index is -0.392. The van der Waals surface area contributed by atoms with Gasteiger partial charge in [-0.25, -0.2) is 0 Å². The quantitative estimate of drug-likeness (QED) is 0.870. The van der Waals surface area contributed by atoms with Crippen LogP contribution in [0.15, 0.2) is 48.5 Å². The summed E-state index contributed by atoms with van der Waals surface area (Å²) in [5.41, 5.74) is 9.24. The van der Waals surface area contributed by atoms with Crippen molar-refractivity contribution < 1.29 is 4.79 Å². The van der Waals surface area contributed by atoms with Gasteiger partial charge in [0, 0.05) is 5.56 Å². The van der Waals surface area contributed by atoms with Gasteiger partial charge in [-0.1, -0.05) is 63.2 Å². The molecule has 0 unspecified atom stereocenters. The third kappa shape index (κ3) is 2.84. The molecular weight excluding hydrogens is 234 g/mol. The first-order chi connectivity index (χ1) is 8.89. The lowest BCUT2D eigenvalue weighted by Gasteiger charge is -2.20. The monoisotopic (exact) mass is 253 g/mol. The maximum atomic E-state index is 11.5. The van der Waals surface area contributed by atoms with Crippen molar-refractivity contribution in [3.05, 3.63) is 59.7 Å². The van der Waals surface area contributed by atoms with E-state index >= 15 is 0 Å². The lowest BCUT2D eigenvalue weighted by Crippen LogP contribution is -2.13. The normalized spacial score (nSPS) is 11.3. The number of benzene rings is 2. The van der Waals surface area contributed by atoms with Crippen LogP contribution in [0.3, 0.4) is 0 Å². The molecule has 2 aromatic carbocycles. The van der Waals surface area contributed by atoms with Crippen LogP contribution < -0.4 is 5.73 Å². The molecule has 2 rings (SSSR count). The first kappa shape index (κ1) is 13.3. The molecule has 0 saturated carbocycles.